The summed E-state index contributed by atoms with van der Waals surface area (Å²) in [6, 6.07) is 13.3. The van der Waals surface area contributed by atoms with E-state index in [-0.39, 0.29) is 0 Å². The number of thiocarbonyl (C=S) groups is 1. The summed E-state index contributed by atoms with van der Waals surface area (Å²) in [6.07, 6.45) is 0. The van der Waals surface area contributed by atoms with Gasteiger partial charge in [-0.1, -0.05) is 12.1 Å². The van der Waals surface area contributed by atoms with Gasteiger partial charge in [-0.3, -0.25) is 0 Å². The summed E-state index contributed by atoms with van der Waals surface area (Å²) in [4.78, 5) is 0. The maximum Gasteiger partial charge on any atom is 0.171 e. The topological polar surface area (TPSA) is 51.8 Å². The van der Waals surface area contributed by atoms with Gasteiger partial charge in [0.2, 0.25) is 0 Å². The Hall–Kier alpha value is -2.47. The molecule has 0 heterocycles. The Labute approximate surface area is 141 Å². The molecule has 2 aromatic rings. The van der Waals surface area contributed by atoms with Crippen molar-refractivity contribution in [1.82, 2.24) is 5.32 Å². The van der Waals surface area contributed by atoms with Crippen molar-refractivity contribution >= 4 is 23.0 Å². The highest BCUT2D eigenvalue weighted by atomic mass is 32.1. The van der Waals surface area contributed by atoms with Crippen LogP contribution in [0, 0.1) is 0 Å². The Kier molecular flexibility index (Phi) is 6.05. The van der Waals surface area contributed by atoms with Crippen LogP contribution in [0.25, 0.3) is 0 Å². The van der Waals surface area contributed by atoms with Crippen molar-refractivity contribution in [3.05, 3.63) is 48.0 Å². The lowest BCUT2D eigenvalue weighted by molar-refractivity contribution is 0.354. The summed E-state index contributed by atoms with van der Waals surface area (Å²) in [5.41, 5.74) is 1.91. The number of hydrogen-bond donors (Lipinski definition) is 2. The summed E-state index contributed by atoms with van der Waals surface area (Å²) in [5, 5.41) is 6.81. The van der Waals surface area contributed by atoms with Crippen LogP contribution in [0.1, 0.15) is 5.56 Å². The third-order valence-electron chi connectivity index (χ3n) is 3.23. The van der Waals surface area contributed by atoms with Crippen LogP contribution in [-0.4, -0.2) is 26.4 Å². The first-order valence-electron chi connectivity index (χ1n) is 7.06. The second kappa shape index (κ2) is 8.24. The molecule has 0 aliphatic carbocycles. The number of rotatable bonds is 6. The number of methoxy groups -OCH3 is 3. The van der Waals surface area contributed by atoms with Crippen molar-refractivity contribution in [1.29, 1.82) is 0 Å². The Morgan fingerprint density at radius 3 is 2.43 bits per heavy atom. The van der Waals surface area contributed by atoms with Gasteiger partial charge < -0.3 is 24.8 Å². The summed E-state index contributed by atoms with van der Waals surface area (Å²) in [7, 11) is 4.86. The van der Waals surface area contributed by atoms with Gasteiger partial charge in [0.1, 0.15) is 5.75 Å². The molecule has 2 N–H and O–H groups in total. The maximum absolute atomic E-state index is 5.31. The van der Waals surface area contributed by atoms with E-state index in [0.29, 0.717) is 23.2 Å². The van der Waals surface area contributed by atoms with Crippen LogP contribution in [0.5, 0.6) is 17.2 Å². The van der Waals surface area contributed by atoms with Crippen molar-refractivity contribution in [3.63, 3.8) is 0 Å². The Balaban J connectivity index is 1.93. The summed E-state index contributed by atoms with van der Waals surface area (Å²) in [6.45, 7) is 0.580. The predicted octanol–water partition coefficient (Wildman–Crippen LogP) is 3.20. The van der Waals surface area contributed by atoms with E-state index >= 15 is 0 Å². The molecule has 0 radical (unpaired) electrons. The van der Waals surface area contributed by atoms with E-state index in [2.05, 4.69) is 10.6 Å². The largest absolute Gasteiger partial charge is 0.497 e. The molecule has 122 valence electrons. The number of anilines is 1. The first-order chi connectivity index (χ1) is 11.2. The summed E-state index contributed by atoms with van der Waals surface area (Å²) in [5.74, 6) is 2.17. The normalized spacial score (nSPS) is 9.87. The average molecular weight is 332 g/mol. The van der Waals surface area contributed by atoms with Gasteiger partial charge in [-0.15, -0.1) is 0 Å². The number of benzene rings is 2. The SMILES string of the molecule is COc1cccc(NC(=S)NCc2ccc(OC)c(OC)c2)c1. The van der Waals surface area contributed by atoms with Gasteiger partial charge in [-0.2, -0.15) is 0 Å². The molecule has 0 saturated heterocycles. The highest BCUT2D eigenvalue weighted by Gasteiger charge is 2.05. The van der Waals surface area contributed by atoms with E-state index in [0.717, 1.165) is 17.0 Å². The molecular weight excluding hydrogens is 312 g/mol. The maximum atomic E-state index is 5.31. The molecular formula is C17H20N2O3S. The minimum Gasteiger partial charge on any atom is -0.497 e. The third kappa shape index (κ3) is 4.75. The van der Waals surface area contributed by atoms with Crippen molar-refractivity contribution in [3.8, 4) is 17.2 Å². The number of ether oxygens (including phenoxy) is 3. The van der Waals surface area contributed by atoms with Gasteiger partial charge in [0.25, 0.3) is 0 Å². The van der Waals surface area contributed by atoms with Gasteiger partial charge in [0.05, 0.1) is 21.3 Å². The third-order valence-corrected chi connectivity index (χ3v) is 3.48. The van der Waals surface area contributed by atoms with Crippen molar-refractivity contribution in [2.45, 2.75) is 6.54 Å². The lowest BCUT2D eigenvalue weighted by atomic mass is 10.2. The van der Waals surface area contributed by atoms with Crippen LogP contribution in [0.4, 0.5) is 5.69 Å². The fourth-order valence-electron chi connectivity index (χ4n) is 2.05. The van der Waals surface area contributed by atoms with E-state index < -0.39 is 0 Å². The number of nitrogens with one attached hydrogen (secondary N) is 2. The monoisotopic (exact) mass is 332 g/mol. The van der Waals surface area contributed by atoms with E-state index in [9.17, 15) is 0 Å². The minimum atomic E-state index is 0.535. The zero-order chi connectivity index (χ0) is 16.7. The molecule has 0 unspecified atom stereocenters. The van der Waals surface area contributed by atoms with E-state index in [4.69, 9.17) is 26.4 Å². The van der Waals surface area contributed by atoms with Gasteiger partial charge in [0, 0.05) is 18.3 Å². The van der Waals surface area contributed by atoms with Crippen LogP contribution >= 0.6 is 12.2 Å². The minimum absolute atomic E-state index is 0.535. The standard InChI is InChI=1S/C17H20N2O3S/c1-20-14-6-4-5-13(10-14)19-17(23)18-11-12-7-8-15(21-2)16(9-12)22-3/h4-10H,11H2,1-3H3,(H2,18,19,23). The molecule has 0 aromatic heterocycles. The second-order valence-corrected chi connectivity index (χ2v) is 5.14. The zero-order valence-corrected chi connectivity index (χ0v) is 14.2. The fraction of sp³-hybridized carbons (Fsp3) is 0.235. The van der Waals surface area contributed by atoms with Crippen LogP contribution in [-0.2, 0) is 6.54 Å². The molecule has 2 aromatic carbocycles. The Bertz CT molecular complexity index is 677. The molecule has 23 heavy (non-hydrogen) atoms. The molecule has 6 heteroatoms. The average Bonchev–Trinajstić information content (AvgIpc) is 2.59. The van der Waals surface area contributed by atoms with Crippen LogP contribution in [0.2, 0.25) is 0 Å². The molecule has 0 amide bonds. The van der Waals surface area contributed by atoms with Crippen molar-refractivity contribution in [2.75, 3.05) is 26.6 Å². The molecule has 0 aliphatic heterocycles. The Morgan fingerprint density at radius 2 is 1.74 bits per heavy atom. The first-order valence-corrected chi connectivity index (χ1v) is 7.47. The predicted molar refractivity (Wildman–Crippen MR) is 95.6 cm³/mol. The van der Waals surface area contributed by atoms with Crippen LogP contribution in [0.3, 0.4) is 0 Å². The van der Waals surface area contributed by atoms with Crippen molar-refractivity contribution < 1.29 is 14.2 Å². The molecule has 0 fully saturated rings. The smallest absolute Gasteiger partial charge is 0.171 e. The number of hydrogen-bond acceptors (Lipinski definition) is 4. The fourth-order valence-corrected chi connectivity index (χ4v) is 2.24. The van der Waals surface area contributed by atoms with Crippen molar-refractivity contribution in [2.24, 2.45) is 0 Å². The van der Waals surface area contributed by atoms with E-state index in [1.807, 2.05) is 42.5 Å². The highest BCUT2D eigenvalue weighted by Crippen LogP contribution is 2.27. The van der Waals surface area contributed by atoms with Gasteiger partial charge in [-0.05, 0) is 42.0 Å². The lowest BCUT2D eigenvalue weighted by Gasteiger charge is -2.13. The molecule has 0 atom stereocenters. The van der Waals surface area contributed by atoms with E-state index in [1.54, 1.807) is 21.3 Å². The Morgan fingerprint density at radius 1 is 0.957 bits per heavy atom. The molecule has 5 nitrogen and oxygen atoms in total. The first kappa shape index (κ1) is 16.9. The quantitative estimate of drug-likeness (QED) is 0.792. The summed E-state index contributed by atoms with van der Waals surface area (Å²) >= 11 is 5.31. The lowest BCUT2D eigenvalue weighted by Crippen LogP contribution is -2.27. The second-order valence-electron chi connectivity index (χ2n) is 4.73. The molecule has 0 spiro atoms. The zero-order valence-electron chi connectivity index (χ0n) is 13.4. The van der Waals surface area contributed by atoms with Gasteiger partial charge in [-0.25, -0.2) is 0 Å². The molecule has 0 bridgehead atoms. The molecule has 0 aliphatic rings. The molecule has 0 saturated carbocycles. The summed E-state index contributed by atoms with van der Waals surface area (Å²) < 4.78 is 15.7. The van der Waals surface area contributed by atoms with Crippen LogP contribution < -0.4 is 24.8 Å². The highest BCUT2D eigenvalue weighted by molar-refractivity contribution is 7.80. The van der Waals surface area contributed by atoms with Crippen LogP contribution in [0.15, 0.2) is 42.5 Å². The van der Waals surface area contributed by atoms with Gasteiger partial charge >= 0.3 is 0 Å². The van der Waals surface area contributed by atoms with Gasteiger partial charge in [0.15, 0.2) is 16.6 Å². The molecule has 2 rings (SSSR count). The van der Waals surface area contributed by atoms with E-state index in [1.165, 1.54) is 0 Å².